The molecule has 0 radical (unpaired) electrons. The van der Waals surface area contributed by atoms with Crippen LogP contribution < -0.4 is 34.3 Å². The van der Waals surface area contributed by atoms with Gasteiger partial charge in [0.2, 0.25) is 0 Å². The minimum absolute atomic E-state index is 0. The van der Waals surface area contributed by atoms with E-state index in [2.05, 4.69) is 61.6 Å². The fourth-order valence-electron chi connectivity index (χ4n) is 1.57. The van der Waals surface area contributed by atoms with Crippen molar-refractivity contribution in [1.29, 1.82) is 0 Å². The van der Waals surface area contributed by atoms with Crippen LogP contribution in [0.15, 0.2) is 24.3 Å². The van der Waals surface area contributed by atoms with Gasteiger partial charge < -0.3 is 24.0 Å². The van der Waals surface area contributed by atoms with Crippen LogP contribution in [0.4, 0.5) is 0 Å². The quantitative estimate of drug-likeness (QED) is 0.373. The molecule has 18 heavy (non-hydrogen) atoms. The third kappa shape index (κ3) is 5.61. The van der Waals surface area contributed by atoms with E-state index in [-0.39, 0.29) is 29.4 Å². The van der Waals surface area contributed by atoms with E-state index < -0.39 is 0 Å². The van der Waals surface area contributed by atoms with Crippen LogP contribution in [0.3, 0.4) is 0 Å². The molecule has 1 aromatic carbocycles. The Bertz CT molecular complexity index is 380. The first-order valence-corrected chi connectivity index (χ1v) is 7.12. The second-order valence-electron chi connectivity index (χ2n) is 5.08. The lowest BCUT2D eigenvalue weighted by molar-refractivity contribution is -0.418. The van der Waals surface area contributed by atoms with Gasteiger partial charge in [0.1, 0.15) is 6.54 Å². The van der Waals surface area contributed by atoms with Crippen molar-refractivity contribution in [2.45, 2.75) is 32.7 Å². The molecule has 0 atom stereocenters. The number of amidine groups is 1. The number of hydrogen-bond donors (Lipinski definition) is 2. The first-order valence-electron chi connectivity index (χ1n) is 5.89. The summed E-state index contributed by atoms with van der Waals surface area (Å²) in [6.45, 7) is 7.57. The summed E-state index contributed by atoms with van der Waals surface area (Å²) < 4.78 is 0. The molecule has 4 heteroatoms. The lowest BCUT2D eigenvalue weighted by Gasteiger charge is -2.18. The van der Waals surface area contributed by atoms with Crippen LogP contribution in [-0.2, 0) is 12.0 Å². The maximum Gasteiger partial charge on any atom is 0.303 e. The van der Waals surface area contributed by atoms with Gasteiger partial charge in [0.15, 0.2) is 0 Å². The minimum atomic E-state index is 0. The summed E-state index contributed by atoms with van der Waals surface area (Å²) in [7, 11) is 1.93. The molecule has 0 aliphatic rings. The molecular weight excluding hydrogens is 355 g/mol. The van der Waals surface area contributed by atoms with Crippen molar-refractivity contribution in [2.24, 2.45) is 0 Å². The molecule has 0 saturated heterocycles. The SMILES string of the molecule is C[NH+]=C(NCc1ccc(C(C)(C)C)cc1)SC.[I-]. The predicted octanol–water partition coefficient (Wildman–Crippen LogP) is -1.49. The van der Waals surface area contributed by atoms with Gasteiger partial charge in [0, 0.05) is 0 Å². The molecule has 0 unspecified atom stereocenters. The number of hydrogen-bond acceptors (Lipinski definition) is 1. The van der Waals surface area contributed by atoms with Crippen LogP contribution >= 0.6 is 11.8 Å². The Labute approximate surface area is 132 Å². The molecule has 102 valence electrons. The molecule has 0 aromatic heterocycles. The topological polar surface area (TPSA) is 26.0 Å². The largest absolute Gasteiger partial charge is 1.00 e. The third-order valence-electron chi connectivity index (χ3n) is 2.70. The van der Waals surface area contributed by atoms with Crippen LogP contribution in [0.1, 0.15) is 31.9 Å². The summed E-state index contributed by atoms with van der Waals surface area (Å²) >= 11 is 1.69. The van der Waals surface area contributed by atoms with Gasteiger partial charge in [0.05, 0.1) is 7.05 Å². The van der Waals surface area contributed by atoms with E-state index >= 15 is 0 Å². The molecule has 2 nitrogen and oxygen atoms in total. The van der Waals surface area contributed by atoms with Crippen LogP contribution in [-0.4, -0.2) is 18.5 Å². The van der Waals surface area contributed by atoms with Gasteiger partial charge in [-0.05, 0) is 34.6 Å². The summed E-state index contributed by atoms with van der Waals surface area (Å²) in [6, 6.07) is 8.83. The van der Waals surface area contributed by atoms with Gasteiger partial charge in [0.25, 0.3) is 0 Å². The zero-order valence-electron chi connectivity index (χ0n) is 11.8. The Morgan fingerprint density at radius 3 is 2.17 bits per heavy atom. The fourth-order valence-corrected chi connectivity index (χ4v) is 1.99. The molecule has 0 aliphatic heterocycles. The Kier molecular flexibility index (Phi) is 7.94. The van der Waals surface area contributed by atoms with Gasteiger partial charge in [-0.1, -0.05) is 45.0 Å². The highest BCUT2D eigenvalue weighted by atomic mass is 127. The van der Waals surface area contributed by atoms with E-state index in [1.54, 1.807) is 11.8 Å². The highest BCUT2D eigenvalue weighted by Crippen LogP contribution is 2.22. The van der Waals surface area contributed by atoms with Crippen molar-refractivity contribution in [3.63, 3.8) is 0 Å². The summed E-state index contributed by atoms with van der Waals surface area (Å²) in [6.07, 6.45) is 2.06. The first kappa shape index (κ1) is 17.8. The molecule has 0 spiro atoms. The standard InChI is InChI=1S/C14H22N2S.HI/c1-14(2,3)12-8-6-11(7-9-12)10-16-13(15-4)17-5;/h6-9H,10H2,1-5H3,(H,15,16);1H. The van der Waals surface area contributed by atoms with Gasteiger partial charge in [-0.2, -0.15) is 0 Å². The van der Waals surface area contributed by atoms with Crippen molar-refractivity contribution >= 4 is 16.9 Å². The molecule has 2 N–H and O–H groups in total. The molecular formula is C14H23IN2S. The van der Waals surface area contributed by atoms with E-state index in [1.807, 2.05) is 7.05 Å². The van der Waals surface area contributed by atoms with Crippen LogP contribution in [0.25, 0.3) is 0 Å². The predicted molar refractivity (Wildman–Crippen MR) is 77.4 cm³/mol. The maximum absolute atomic E-state index is 3.36. The van der Waals surface area contributed by atoms with Crippen LogP contribution in [0.5, 0.6) is 0 Å². The van der Waals surface area contributed by atoms with Crippen molar-refractivity contribution < 1.29 is 29.0 Å². The van der Waals surface area contributed by atoms with E-state index in [9.17, 15) is 0 Å². The van der Waals surface area contributed by atoms with Gasteiger partial charge >= 0.3 is 5.17 Å². The average molecular weight is 378 g/mol. The lowest BCUT2D eigenvalue weighted by Crippen LogP contribution is -3.00. The van der Waals surface area contributed by atoms with Gasteiger partial charge in [-0.25, -0.2) is 0 Å². The first-order chi connectivity index (χ1) is 7.97. The van der Waals surface area contributed by atoms with E-state index in [0.717, 1.165) is 11.7 Å². The van der Waals surface area contributed by atoms with Crippen molar-refractivity contribution in [2.75, 3.05) is 13.3 Å². The van der Waals surface area contributed by atoms with Crippen molar-refractivity contribution in [1.82, 2.24) is 5.32 Å². The number of halogens is 1. The van der Waals surface area contributed by atoms with Gasteiger partial charge in [-0.15, -0.1) is 0 Å². The Balaban J connectivity index is 0.00000289. The molecule has 0 fully saturated rings. The monoisotopic (exact) mass is 378 g/mol. The fraction of sp³-hybridized carbons (Fsp3) is 0.500. The molecule has 1 rings (SSSR count). The Morgan fingerprint density at radius 2 is 1.78 bits per heavy atom. The highest BCUT2D eigenvalue weighted by Gasteiger charge is 2.13. The van der Waals surface area contributed by atoms with E-state index in [1.165, 1.54) is 11.1 Å². The number of rotatable bonds is 2. The molecule has 0 amide bonds. The zero-order chi connectivity index (χ0) is 12.9. The molecule has 0 saturated carbocycles. The number of benzene rings is 1. The second kappa shape index (κ2) is 8.04. The molecule has 0 aliphatic carbocycles. The summed E-state index contributed by atoms with van der Waals surface area (Å²) in [5, 5.41) is 4.46. The van der Waals surface area contributed by atoms with Crippen molar-refractivity contribution in [3.05, 3.63) is 35.4 Å². The average Bonchev–Trinajstić information content (AvgIpc) is 2.30. The summed E-state index contributed by atoms with van der Waals surface area (Å²) in [5.74, 6) is 0. The maximum atomic E-state index is 3.36. The molecule has 1 aromatic rings. The Morgan fingerprint density at radius 1 is 1.22 bits per heavy atom. The number of thioether (sulfide) groups is 1. The summed E-state index contributed by atoms with van der Waals surface area (Å²) in [4.78, 5) is 3.13. The lowest BCUT2D eigenvalue weighted by atomic mass is 9.87. The van der Waals surface area contributed by atoms with Gasteiger partial charge in [-0.3, -0.25) is 10.3 Å². The number of nitrogens with one attached hydrogen (secondary N) is 2. The Hall–Kier alpha value is -0.230. The third-order valence-corrected chi connectivity index (χ3v) is 3.46. The van der Waals surface area contributed by atoms with E-state index in [0.29, 0.717) is 0 Å². The molecule has 0 heterocycles. The second-order valence-corrected chi connectivity index (χ2v) is 5.90. The smallest absolute Gasteiger partial charge is 0.303 e. The zero-order valence-corrected chi connectivity index (χ0v) is 14.8. The van der Waals surface area contributed by atoms with Crippen LogP contribution in [0.2, 0.25) is 0 Å². The minimum Gasteiger partial charge on any atom is -1.00 e. The van der Waals surface area contributed by atoms with E-state index in [4.69, 9.17) is 0 Å². The highest BCUT2D eigenvalue weighted by molar-refractivity contribution is 8.12. The van der Waals surface area contributed by atoms with Crippen molar-refractivity contribution in [3.8, 4) is 0 Å². The molecule has 0 bridgehead atoms. The van der Waals surface area contributed by atoms with Crippen LogP contribution in [0, 0.1) is 0 Å². The normalized spacial score (nSPS) is 11.9. The summed E-state index contributed by atoms with van der Waals surface area (Å²) in [5.41, 5.74) is 2.91.